The second-order valence-electron chi connectivity index (χ2n) is 9.21. The molecule has 3 aliphatic heterocycles. The molecule has 4 aliphatic rings. The number of likely N-dealkylation sites (N-methyl/N-ethyl adjacent to an activating group) is 1. The third kappa shape index (κ3) is 4.09. The molecule has 0 spiro atoms. The minimum atomic E-state index is 0.654. The highest BCUT2D eigenvalue weighted by atomic mass is 15.4. The number of nitrogens with zero attached hydrogens (tertiary/aromatic N) is 6. The number of H-pyrrole nitrogens is 1. The zero-order valence-electron chi connectivity index (χ0n) is 18.5. The number of rotatable bonds is 6. The van der Waals surface area contributed by atoms with E-state index in [0.717, 1.165) is 56.7 Å². The first-order chi connectivity index (χ1) is 15.7. The summed E-state index contributed by atoms with van der Waals surface area (Å²) in [6.45, 7) is 6.27. The second kappa shape index (κ2) is 8.20. The number of anilines is 2. The van der Waals surface area contributed by atoms with E-state index in [9.17, 15) is 0 Å². The molecule has 1 saturated heterocycles. The predicted molar refractivity (Wildman–Crippen MR) is 128 cm³/mol. The molecule has 165 valence electrons. The fraction of sp³-hybridized carbons (Fsp3) is 0.417. The summed E-state index contributed by atoms with van der Waals surface area (Å²) < 4.78 is 0. The standard InChI is InChI=1S/C24H30N8/c1-29-9-11-30(12-10-29)15-18-3-2-4-20(13-18)31-16-23-25-7-8-32(23)24(17-31)26-22-14-21(27-28-22)19-5-6-19/h2-4,7-8,13-14,17,19H,5-6,9-12,15-16H2,1H3,(H2,26,27,28)/q+1. The molecule has 8 heteroatoms. The number of benzene rings is 1. The number of aromatic amines is 1. The van der Waals surface area contributed by atoms with Crippen LogP contribution in [0.5, 0.6) is 0 Å². The molecule has 6 rings (SSSR count). The smallest absolute Gasteiger partial charge is 0.284 e. The van der Waals surface area contributed by atoms with Gasteiger partial charge < -0.3 is 9.80 Å². The number of fused-ring (bicyclic) bond motifs is 1. The van der Waals surface area contributed by atoms with E-state index in [1.165, 1.54) is 29.8 Å². The van der Waals surface area contributed by atoms with Gasteiger partial charge in [-0.15, -0.1) is 0 Å². The lowest BCUT2D eigenvalue weighted by Gasteiger charge is -2.32. The molecule has 2 aromatic rings. The molecule has 1 saturated carbocycles. The Kier molecular flexibility index (Phi) is 5.05. The van der Waals surface area contributed by atoms with Crippen LogP contribution in [0, 0.1) is 0 Å². The van der Waals surface area contributed by atoms with Gasteiger partial charge in [-0.1, -0.05) is 12.1 Å². The summed E-state index contributed by atoms with van der Waals surface area (Å²) in [5.41, 5.74) is 3.76. The fourth-order valence-corrected chi connectivity index (χ4v) is 4.57. The topological polar surface area (TPSA) is 68.7 Å². The van der Waals surface area contributed by atoms with Gasteiger partial charge in [-0.2, -0.15) is 10.1 Å². The minimum absolute atomic E-state index is 0.654. The Balaban J connectivity index is 1.21. The number of aliphatic imine (C=N–C) groups is 1. The van der Waals surface area contributed by atoms with E-state index in [-0.39, 0.29) is 0 Å². The van der Waals surface area contributed by atoms with Gasteiger partial charge in [-0.25, -0.2) is 0 Å². The fourth-order valence-electron chi connectivity index (χ4n) is 4.57. The monoisotopic (exact) mass is 430 g/mol. The van der Waals surface area contributed by atoms with E-state index < -0.39 is 0 Å². The summed E-state index contributed by atoms with van der Waals surface area (Å²) in [5, 5.41) is 11.2. The molecule has 1 radical (unpaired) electrons. The number of nitrogens with one attached hydrogen (secondary N) is 2. The highest BCUT2D eigenvalue weighted by Gasteiger charge is 2.38. The predicted octanol–water partition coefficient (Wildman–Crippen LogP) is 2.79. The minimum Gasteiger partial charge on any atom is -0.329 e. The maximum absolute atomic E-state index is 4.59. The van der Waals surface area contributed by atoms with Gasteiger partial charge in [0.2, 0.25) is 0 Å². The van der Waals surface area contributed by atoms with Crippen LogP contribution in [0.1, 0.15) is 30.0 Å². The molecule has 0 amide bonds. The number of hydrogen-bond acceptors (Lipinski definition) is 7. The van der Waals surface area contributed by atoms with Crippen LogP contribution in [0.25, 0.3) is 0 Å². The largest absolute Gasteiger partial charge is 0.329 e. The first-order valence-electron chi connectivity index (χ1n) is 11.5. The zero-order valence-corrected chi connectivity index (χ0v) is 18.5. The summed E-state index contributed by atoms with van der Waals surface area (Å²) in [5.74, 6) is 3.48. The van der Waals surface area contributed by atoms with Gasteiger partial charge in [0.1, 0.15) is 6.54 Å². The molecular weight excluding hydrogens is 400 g/mol. The van der Waals surface area contributed by atoms with Crippen molar-refractivity contribution in [1.82, 2.24) is 24.9 Å². The molecule has 0 bridgehead atoms. The van der Waals surface area contributed by atoms with Gasteiger partial charge >= 0.3 is 0 Å². The van der Waals surface area contributed by atoms with E-state index in [1.807, 2.05) is 12.4 Å². The van der Waals surface area contributed by atoms with Gasteiger partial charge in [0.05, 0.1) is 12.4 Å². The van der Waals surface area contributed by atoms with Crippen molar-refractivity contribution in [3.63, 3.8) is 0 Å². The second-order valence-corrected chi connectivity index (χ2v) is 9.21. The van der Waals surface area contributed by atoms with Crippen molar-refractivity contribution in [3.8, 4) is 0 Å². The van der Waals surface area contributed by atoms with Crippen LogP contribution in [0.15, 0.2) is 59.7 Å². The van der Waals surface area contributed by atoms with Gasteiger partial charge in [0.25, 0.3) is 11.7 Å². The normalized spacial score (nSPS) is 22.1. The van der Waals surface area contributed by atoms with Crippen molar-refractivity contribution in [3.05, 3.63) is 66.0 Å². The van der Waals surface area contributed by atoms with Gasteiger partial charge in [-0.05, 0) is 42.5 Å². The van der Waals surface area contributed by atoms with Crippen molar-refractivity contribution in [2.24, 2.45) is 4.99 Å². The maximum atomic E-state index is 4.59. The van der Waals surface area contributed by atoms with Crippen LogP contribution in [0.3, 0.4) is 0 Å². The molecule has 8 nitrogen and oxygen atoms in total. The molecule has 32 heavy (non-hydrogen) atoms. The van der Waals surface area contributed by atoms with Crippen molar-refractivity contribution in [2.45, 2.75) is 25.3 Å². The van der Waals surface area contributed by atoms with Crippen LogP contribution in [0.4, 0.5) is 11.5 Å². The lowest BCUT2D eigenvalue weighted by molar-refractivity contribution is 0.148. The quantitative estimate of drug-likeness (QED) is 0.690. The van der Waals surface area contributed by atoms with Crippen LogP contribution in [0.2, 0.25) is 0 Å². The number of amidine groups is 1. The first-order valence-corrected chi connectivity index (χ1v) is 11.5. The summed E-state index contributed by atoms with van der Waals surface area (Å²) >= 11 is 0. The van der Waals surface area contributed by atoms with Crippen LogP contribution in [-0.2, 0) is 6.54 Å². The molecule has 0 atom stereocenters. The van der Waals surface area contributed by atoms with Gasteiger partial charge in [0.15, 0.2) is 12.0 Å². The molecule has 2 fully saturated rings. The van der Waals surface area contributed by atoms with E-state index in [4.69, 9.17) is 0 Å². The Morgan fingerprint density at radius 2 is 2.03 bits per heavy atom. The van der Waals surface area contributed by atoms with E-state index in [1.54, 1.807) is 0 Å². The number of piperazine rings is 1. The molecular formula is C24H30N8+. The highest BCUT2D eigenvalue weighted by molar-refractivity contribution is 5.96. The molecule has 1 aromatic carbocycles. The molecule has 4 heterocycles. The van der Waals surface area contributed by atoms with Gasteiger partial charge in [0, 0.05) is 56.1 Å². The average molecular weight is 431 g/mol. The lowest BCUT2D eigenvalue weighted by Crippen LogP contribution is -2.45. The Labute approximate surface area is 188 Å². The Hall–Kier alpha value is -2.94. The van der Waals surface area contributed by atoms with Gasteiger partial charge in [-0.3, -0.25) is 15.3 Å². The van der Waals surface area contributed by atoms with E-state index >= 15 is 0 Å². The molecule has 1 aromatic heterocycles. The molecule has 2 N–H and O–H groups in total. The zero-order chi connectivity index (χ0) is 21.5. The molecule has 1 aliphatic carbocycles. The van der Waals surface area contributed by atoms with Crippen molar-refractivity contribution >= 4 is 17.3 Å². The molecule has 0 unspecified atom stereocenters. The third-order valence-electron chi connectivity index (χ3n) is 6.68. The summed E-state index contributed by atoms with van der Waals surface area (Å²) in [4.78, 5) is 13.9. The summed E-state index contributed by atoms with van der Waals surface area (Å²) in [7, 11) is 2.20. The van der Waals surface area contributed by atoms with Crippen molar-refractivity contribution in [2.75, 3.05) is 50.0 Å². The summed E-state index contributed by atoms with van der Waals surface area (Å²) in [6, 6.07) is 11.0. The number of aromatic nitrogens is 2. The first kappa shape index (κ1) is 19.7. The number of hydrogen-bond donors (Lipinski definition) is 2. The van der Waals surface area contributed by atoms with Crippen LogP contribution >= 0.6 is 0 Å². The van der Waals surface area contributed by atoms with Crippen molar-refractivity contribution < 1.29 is 0 Å². The Morgan fingerprint density at radius 1 is 1.16 bits per heavy atom. The van der Waals surface area contributed by atoms with Crippen LogP contribution < -0.4 is 15.1 Å². The Morgan fingerprint density at radius 3 is 2.88 bits per heavy atom. The van der Waals surface area contributed by atoms with Crippen LogP contribution in [-0.4, -0.2) is 65.6 Å². The van der Waals surface area contributed by atoms with Crippen molar-refractivity contribution in [1.29, 1.82) is 0 Å². The highest BCUT2D eigenvalue weighted by Crippen LogP contribution is 2.39. The average Bonchev–Trinajstić information content (AvgIpc) is 3.35. The van der Waals surface area contributed by atoms with E-state index in [0.29, 0.717) is 5.92 Å². The van der Waals surface area contributed by atoms with E-state index in [2.05, 4.69) is 83.7 Å². The lowest BCUT2D eigenvalue weighted by atomic mass is 10.1. The maximum Gasteiger partial charge on any atom is 0.284 e. The summed E-state index contributed by atoms with van der Waals surface area (Å²) in [6.07, 6.45) is 8.54. The third-order valence-corrected chi connectivity index (χ3v) is 6.68. The SMILES string of the molecule is CN1CCN(Cc2cccc(N3C=C(Nc4cc(C5CC5)[nH]n4)[N+]4C=CN=C4C3)c2)CC1. The Bertz CT molecular complexity index is 1070.